The topological polar surface area (TPSA) is 47.3 Å². The molecule has 0 aliphatic heterocycles. The van der Waals surface area contributed by atoms with E-state index in [2.05, 4.69) is 30.4 Å². The first-order chi connectivity index (χ1) is 10.1. The summed E-state index contributed by atoms with van der Waals surface area (Å²) in [5, 5.41) is 3.92. The summed E-state index contributed by atoms with van der Waals surface area (Å²) in [5.41, 5.74) is 9.13. The molecule has 0 aromatic heterocycles. The van der Waals surface area contributed by atoms with Gasteiger partial charge in [0.2, 0.25) is 0 Å². The molecule has 0 bridgehead atoms. The van der Waals surface area contributed by atoms with E-state index in [9.17, 15) is 0 Å². The fraction of sp³-hybridized carbons (Fsp3) is 0.667. The molecular formula is C18H28N2O. The highest BCUT2D eigenvalue weighted by Gasteiger charge is 2.36. The van der Waals surface area contributed by atoms with Gasteiger partial charge in [0, 0.05) is 18.1 Å². The average molecular weight is 288 g/mol. The number of methoxy groups -OCH3 is 1. The van der Waals surface area contributed by atoms with E-state index in [0.29, 0.717) is 12.6 Å². The van der Waals surface area contributed by atoms with Gasteiger partial charge in [0.1, 0.15) is 5.75 Å². The zero-order valence-electron chi connectivity index (χ0n) is 13.3. The fourth-order valence-electron chi connectivity index (χ4n) is 4.09. The van der Waals surface area contributed by atoms with Crippen LogP contribution in [0.5, 0.6) is 5.75 Å². The standard InChI is InChI=1S/C18H28N2O/c1-13-3-5-16(9-13)20-18(12-19)8-7-14-4-6-17(21-2)10-15(14)11-18/h4,6,10,13,16,20H,3,5,7-9,11-12,19H2,1-2H3. The summed E-state index contributed by atoms with van der Waals surface area (Å²) in [6.07, 6.45) is 7.24. The van der Waals surface area contributed by atoms with Gasteiger partial charge in [0.05, 0.1) is 7.11 Å². The Morgan fingerprint density at radius 2 is 2.19 bits per heavy atom. The molecule has 2 aliphatic carbocycles. The lowest BCUT2D eigenvalue weighted by molar-refractivity contribution is 0.257. The second-order valence-electron chi connectivity index (χ2n) is 7.06. The lowest BCUT2D eigenvalue weighted by Gasteiger charge is -2.40. The van der Waals surface area contributed by atoms with Crippen molar-refractivity contribution in [3.8, 4) is 5.75 Å². The van der Waals surface area contributed by atoms with Crippen molar-refractivity contribution in [1.29, 1.82) is 0 Å². The Morgan fingerprint density at radius 3 is 2.86 bits per heavy atom. The van der Waals surface area contributed by atoms with E-state index in [4.69, 9.17) is 10.5 Å². The Morgan fingerprint density at radius 1 is 1.33 bits per heavy atom. The highest BCUT2D eigenvalue weighted by Crippen LogP contribution is 2.33. The number of nitrogens with two attached hydrogens (primary N) is 1. The predicted molar refractivity (Wildman–Crippen MR) is 86.7 cm³/mol. The molecule has 3 N–H and O–H groups in total. The van der Waals surface area contributed by atoms with Crippen LogP contribution in [-0.2, 0) is 12.8 Å². The highest BCUT2D eigenvalue weighted by atomic mass is 16.5. The van der Waals surface area contributed by atoms with Crippen molar-refractivity contribution >= 4 is 0 Å². The molecule has 0 radical (unpaired) electrons. The number of hydrogen-bond donors (Lipinski definition) is 2. The predicted octanol–water partition coefficient (Wildman–Crippen LogP) is 2.66. The number of benzene rings is 1. The number of ether oxygens (including phenoxy) is 1. The Balaban J connectivity index is 1.77. The maximum Gasteiger partial charge on any atom is 0.119 e. The minimum atomic E-state index is 0.0775. The number of nitrogens with one attached hydrogen (secondary N) is 1. The van der Waals surface area contributed by atoms with Gasteiger partial charge in [-0.25, -0.2) is 0 Å². The molecule has 3 atom stereocenters. The summed E-state index contributed by atoms with van der Waals surface area (Å²) < 4.78 is 5.38. The molecule has 116 valence electrons. The van der Waals surface area contributed by atoms with Crippen LogP contribution in [0, 0.1) is 5.92 Å². The van der Waals surface area contributed by atoms with E-state index in [-0.39, 0.29) is 5.54 Å². The third-order valence-electron chi connectivity index (χ3n) is 5.41. The molecule has 0 heterocycles. The molecule has 3 nitrogen and oxygen atoms in total. The van der Waals surface area contributed by atoms with Crippen LogP contribution in [0.1, 0.15) is 43.7 Å². The molecule has 0 saturated heterocycles. The molecule has 21 heavy (non-hydrogen) atoms. The number of aryl methyl sites for hydroxylation is 1. The molecule has 1 saturated carbocycles. The first kappa shape index (κ1) is 14.9. The van der Waals surface area contributed by atoms with Crippen molar-refractivity contribution in [2.75, 3.05) is 13.7 Å². The van der Waals surface area contributed by atoms with E-state index in [1.54, 1.807) is 7.11 Å². The van der Waals surface area contributed by atoms with Crippen LogP contribution in [0.3, 0.4) is 0 Å². The van der Waals surface area contributed by atoms with E-state index < -0.39 is 0 Å². The molecule has 3 heteroatoms. The molecule has 1 aromatic rings. The molecule has 2 aliphatic rings. The van der Waals surface area contributed by atoms with E-state index >= 15 is 0 Å². The smallest absolute Gasteiger partial charge is 0.119 e. The normalized spacial score (nSPS) is 32.0. The molecular weight excluding hydrogens is 260 g/mol. The summed E-state index contributed by atoms with van der Waals surface area (Å²) in [6, 6.07) is 7.13. The molecule has 3 unspecified atom stereocenters. The third kappa shape index (κ3) is 3.09. The lowest BCUT2D eigenvalue weighted by Crippen LogP contribution is -2.57. The van der Waals surface area contributed by atoms with Crippen LogP contribution < -0.4 is 15.8 Å². The van der Waals surface area contributed by atoms with E-state index in [1.807, 2.05) is 0 Å². The number of fused-ring (bicyclic) bond motifs is 1. The quantitative estimate of drug-likeness (QED) is 0.895. The van der Waals surface area contributed by atoms with Gasteiger partial charge in [-0.2, -0.15) is 0 Å². The van der Waals surface area contributed by atoms with Crippen LogP contribution in [0.15, 0.2) is 18.2 Å². The first-order valence-corrected chi connectivity index (χ1v) is 8.28. The van der Waals surface area contributed by atoms with Crippen LogP contribution in [0.4, 0.5) is 0 Å². The second kappa shape index (κ2) is 5.98. The summed E-state index contributed by atoms with van der Waals surface area (Å²) in [5.74, 6) is 1.81. The molecule has 0 spiro atoms. The van der Waals surface area contributed by atoms with Gasteiger partial charge in [0.25, 0.3) is 0 Å². The van der Waals surface area contributed by atoms with E-state index in [0.717, 1.165) is 30.9 Å². The Labute approximate surface area is 128 Å². The third-order valence-corrected chi connectivity index (χ3v) is 5.41. The van der Waals surface area contributed by atoms with Gasteiger partial charge >= 0.3 is 0 Å². The Hall–Kier alpha value is -1.06. The first-order valence-electron chi connectivity index (χ1n) is 8.28. The van der Waals surface area contributed by atoms with Crippen LogP contribution in [0.25, 0.3) is 0 Å². The van der Waals surface area contributed by atoms with E-state index in [1.165, 1.54) is 30.4 Å². The van der Waals surface area contributed by atoms with Crippen molar-refractivity contribution in [3.05, 3.63) is 29.3 Å². The van der Waals surface area contributed by atoms with Gasteiger partial charge in [-0.05, 0) is 67.7 Å². The van der Waals surface area contributed by atoms with Crippen molar-refractivity contribution in [2.24, 2.45) is 11.7 Å². The largest absolute Gasteiger partial charge is 0.497 e. The minimum Gasteiger partial charge on any atom is -0.497 e. The van der Waals surface area contributed by atoms with Crippen molar-refractivity contribution in [2.45, 2.75) is 57.0 Å². The summed E-state index contributed by atoms with van der Waals surface area (Å²) in [6.45, 7) is 3.08. The van der Waals surface area contributed by atoms with Crippen molar-refractivity contribution in [1.82, 2.24) is 5.32 Å². The highest BCUT2D eigenvalue weighted by molar-refractivity contribution is 5.39. The minimum absolute atomic E-state index is 0.0775. The average Bonchev–Trinajstić information content (AvgIpc) is 2.91. The van der Waals surface area contributed by atoms with Crippen molar-refractivity contribution < 1.29 is 4.74 Å². The maximum absolute atomic E-state index is 6.18. The maximum atomic E-state index is 6.18. The molecule has 1 aromatic carbocycles. The summed E-state index contributed by atoms with van der Waals surface area (Å²) in [4.78, 5) is 0. The number of hydrogen-bond acceptors (Lipinski definition) is 3. The molecule has 3 rings (SSSR count). The van der Waals surface area contributed by atoms with Crippen LogP contribution in [-0.4, -0.2) is 25.2 Å². The zero-order chi connectivity index (χ0) is 14.9. The van der Waals surface area contributed by atoms with Gasteiger partial charge in [-0.15, -0.1) is 0 Å². The SMILES string of the molecule is COc1ccc2c(c1)CC(CN)(NC1CCC(C)C1)CC2. The van der Waals surface area contributed by atoms with Crippen LogP contribution in [0.2, 0.25) is 0 Å². The second-order valence-corrected chi connectivity index (χ2v) is 7.06. The van der Waals surface area contributed by atoms with Crippen LogP contribution >= 0.6 is 0 Å². The Bertz CT molecular complexity index is 502. The van der Waals surface area contributed by atoms with Gasteiger partial charge in [0.15, 0.2) is 0 Å². The molecule has 1 fully saturated rings. The molecule has 0 amide bonds. The Kier molecular flexibility index (Phi) is 4.23. The van der Waals surface area contributed by atoms with Gasteiger partial charge in [-0.3, -0.25) is 0 Å². The lowest BCUT2D eigenvalue weighted by atomic mass is 9.77. The monoisotopic (exact) mass is 288 g/mol. The van der Waals surface area contributed by atoms with Gasteiger partial charge in [-0.1, -0.05) is 13.0 Å². The summed E-state index contributed by atoms with van der Waals surface area (Å²) in [7, 11) is 1.74. The van der Waals surface area contributed by atoms with Gasteiger partial charge < -0.3 is 15.8 Å². The fourth-order valence-corrected chi connectivity index (χ4v) is 4.09. The van der Waals surface area contributed by atoms with Crippen molar-refractivity contribution in [3.63, 3.8) is 0 Å². The number of rotatable bonds is 4. The zero-order valence-corrected chi connectivity index (χ0v) is 13.3. The summed E-state index contributed by atoms with van der Waals surface area (Å²) >= 11 is 0.